The van der Waals surface area contributed by atoms with Crippen LogP contribution < -0.4 is 14.0 Å². The minimum absolute atomic E-state index is 0.487. The quantitative estimate of drug-likeness (QED) is 0.488. The first-order valence-corrected chi connectivity index (χ1v) is 8.72. The lowest BCUT2D eigenvalue weighted by Gasteiger charge is -2.11. The first-order valence-electron chi connectivity index (χ1n) is 8.72. The lowest BCUT2D eigenvalue weighted by molar-refractivity contribution is -0.758. The summed E-state index contributed by atoms with van der Waals surface area (Å²) in [7, 11) is 0. The molecule has 0 saturated carbocycles. The summed E-state index contributed by atoms with van der Waals surface area (Å²) in [5.41, 5.74) is 4.55. The number of para-hydroxylation sites is 1. The van der Waals surface area contributed by atoms with Crippen LogP contribution in [0.4, 0.5) is 0 Å². The summed E-state index contributed by atoms with van der Waals surface area (Å²) in [6, 6.07) is 28.7. The number of hydrogen-bond acceptors (Lipinski definition) is 2. The standard InChI is InChI=1S/C23H18NO2/c1-16-10-11-19-8-5-9-21-22(19)24(16)23(26-21)25-20-14-12-18(13-15-20)17-6-3-2-4-7-17/h2-15,23H,1H3/q+1/t23-/m0/s1. The molecular formula is C23H18NO2+. The molecule has 2 heterocycles. The van der Waals surface area contributed by atoms with Gasteiger partial charge in [0.2, 0.25) is 5.75 Å². The van der Waals surface area contributed by atoms with E-state index >= 15 is 0 Å². The molecule has 0 fully saturated rings. The Morgan fingerprint density at radius 3 is 2.35 bits per heavy atom. The van der Waals surface area contributed by atoms with Gasteiger partial charge in [0.05, 0.1) is 5.39 Å². The molecule has 0 saturated heterocycles. The number of pyridine rings is 1. The maximum Gasteiger partial charge on any atom is 0.468 e. The first kappa shape index (κ1) is 15.0. The minimum atomic E-state index is -0.487. The summed E-state index contributed by atoms with van der Waals surface area (Å²) in [5.74, 6) is 1.64. The van der Waals surface area contributed by atoms with Crippen molar-refractivity contribution in [3.8, 4) is 22.6 Å². The smallest absolute Gasteiger partial charge is 0.402 e. The van der Waals surface area contributed by atoms with Crippen LogP contribution in [-0.2, 0) is 0 Å². The number of aryl methyl sites for hydroxylation is 1. The number of hydrogen-bond donors (Lipinski definition) is 0. The third-order valence-corrected chi connectivity index (χ3v) is 4.79. The van der Waals surface area contributed by atoms with E-state index in [2.05, 4.69) is 54.0 Å². The molecule has 0 spiro atoms. The third kappa shape index (κ3) is 2.40. The summed E-state index contributed by atoms with van der Waals surface area (Å²) in [6.45, 7) is 2.07. The molecule has 0 amide bonds. The van der Waals surface area contributed by atoms with Gasteiger partial charge in [0.25, 0.3) is 5.52 Å². The lowest BCUT2D eigenvalue weighted by Crippen LogP contribution is -2.44. The van der Waals surface area contributed by atoms with E-state index in [0.717, 1.165) is 28.1 Å². The summed E-state index contributed by atoms with van der Waals surface area (Å²) >= 11 is 0. The van der Waals surface area contributed by atoms with Gasteiger partial charge in [-0.1, -0.05) is 48.5 Å². The van der Waals surface area contributed by atoms with Crippen molar-refractivity contribution < 1.29 is 14.0 Å². The van der Waals surface area contributed by atoms with E-state index in [1.54, 1.807) is 0 Å². The van der Waals surface area contributed by atoms with Crippen molar-refractivity contribution in [2.45, 2.75) is 13.3 Å². The molecule has 1 aliphatic rings. The highest BCUT2D eigenvalue weighted by Crippen LogP contribution is 2.32. The first-order chi connectivity index (χ1) is 12.8. The molecule has 3 nitrogen and oxygen atoms in total. The predicted molar refractivity (Wildman–Crippen MR) is 101 cm³/mol. The third-order valence-electron chi connectivity index (χ3n) is 4.79. The average molecular weight is 340 g/mol. The Kier molecular flexibility index (Phi) is 3.39. The molecule has 5 rings (SSSR count). The van der Waals surface area contributed by atoms with Gasteiger partial charge in [0.1, 0.15) is 5.75 Å². The second kappa shape index (κ2) is 5.88. The summed E-state index contributed by atoms with van der Waals surface area (Å²) in [6.07, 6.45) is -0.487. The molecule has 0 unspecified atom stereocenters. The summed E-state index contributed by atoms with van der Waals surface area (Å²) in [4.78, 5) is 0. The molecule has 1 aromatic heterocycles. The zero-order valence-electron chi connectivity index (χ0n) is 14.4. The summed E-state index contributed by atoms with van der Waals surface area (Å²) in [5, 5.41) is 1.15. The van der Waals surface area contributed by atoms with Gasteiger partial charge in [-0.2, -0.15) is 0 Å². The van der Waals surface area contributed by atoms with E-state index in [1.165, 1.54) is 11.1 Å². The van der Waals surface area contributed by atoms with Crippen molar-refractivity contribution in [1.82, 2.24) is 0 Å². The van der Waals surface area contributed by atoms with Gasteiger partial charge in [-0.15, -0.1) is 4.57 Å². The summed E-state index contributed by atoms with van der Waals surface area (Å²) < 4.78 is 14.3. The molecule has 26 heavy (non-hydrogen) atoms. The monoisotopic (exact) mass is 340 g/mol. The zero-order chi connectivity index (χ0) is 17.5. The Balaban J connectivity index is 1.46. The van der Waals surface area contributed by atoms with Crippen LogP contribution in [0.15, 0.2) is 84.9 Å². The van der Waals surface area contributed by atoms with E-state index in [1.807, 2.05) is 42.5 Å². The minimum Gasteiger partial charge on any atom is -0.402 e. The van der Waals surface area contributed by atoms with Gasteiger partial charge in [-0.05, 0) is 41.5 Å². The highest BCUT2D eigenvalue weighted by atomic mass is 16.7. The molecule has 4 aromatic rings. The van der Waals surface area contributed by atoms with Crippen molar-refractivity contribution in [3.05, 3.63) is 90.6 Å². The Hall–Kier alpha value is -3.33. The van der Waals surface area contributed by atoms with Gasteiger partial charge < -0.3 is 9.47 Å². The molecule has 0 bridgehead atoms. The van der Waals surface area contributed by atoms with Crippen LogP contribution in [0.2, 0.25) is 0 Å². The highest BCUT2D eigenvalue weighted by Gasteiger charge is 2.37. The molecule has 126 valence electrons. The highest BCUT2D eigenvalue weighted by molar-refractivity contribution is 5.82. The Morgan fingerprint density at radius 2 is 1.54 bits per heavy atom. The van der Waals surface area contributed by atoms with Crippen LogP contribution in [0.3, 0.4) is 0 Å². The second-order valence-corrected chi connectivity index (χ2v) is 6.47. The second-order valence-electron chi connectivity index (χ2n) is 6.47. The van der Waals surface area contributed by atoms with E-state index in [9.17, 15) is 0 Å². The van der Waals surface area contributed by atoms with E-state index < -0.39 is 6.41 Å². The molecule has 0 N–H and O–H groups in total. The SMILES string of the molecule is Cc1ccc2cccc3c2[n+]1[C@@H](Oc1ccc(-c2ccccc2)cc1)O3. The Bertz CT molecular complexity index is 1090. The molecule has 1 atom stereocenters. The fraction of sp³-hybridized carbons (Fsp3) is 0.0870. The van der Waals surface area contributed by atoms with Crippen molar-refractivity contribution in [3.63, 3.8) is 0 Å². The van der Waals surface area contributed by atoms with Crippen molar-refractivity contribution in [2.75, 3.05) is 0 Å². The number of rotatable bonds is 3. The molecule has 3 heteroatoms. The van der Waals surface area contributed by atoms with E-state index in [0.29, 0.717) is 0 Å². The molecule has 1 aliphatic heterocycles. The van der Waals surface area contributed by atoms with E-state index in [-0.39, 0.29) is 0 Å². The van der Waals surface area contributed by atoms with Crippen LogP contribution >= 0.6 is 0 Å². The van der Waals surface area contributed by atoms with E-state index in [4.69, 9.17) is 9.47 Å². The van der Waals surface area contributed by atoms with Crippen LogP contribution in [0.5, 0.6) is 11.5 Å². The largest absolute Gasteiger partial charge is 0.468 e. The van der Waals surface area contributed by atoms with Crippen LogP contribution in [0.25, 0.3) is 22.0 Å². The number of nitrogens with zero attached hydrogens (tertiary/aromatic N) is 1. The fourth-order valence-corrected chi connectivity index (χ4v) is 3.48. The number of benzene rings is 3. The van der Waals surface area contributed by atoms with Gasteiger partial charge >= 0.3 is 6.41 Å². The average Bonchev–Trinajstić information content (AvgIpc) is 3.06. The van der Waals surface area contributed by atoms with Gasteiger partial charge in [0.15, 0.2) is 5.69 Å². The van der Waals surface area contributed by atoms with Crippen molar-refractivity contribution in [2.24, 2.45) is 0 Å². The van der Waals surface area contributed by atoms with Crippen molar-refractivity contribution in [1.29, 1.82) is 0 Å². The maximum atomic E-state index is 6.16. The molecule has 0 radical (unpaired) electrons. The molecule has 3 aromatic carbocycles. The van der Waals surface area contributed by atoms with Crippen LogP contribution in [-0.4, -0.2) is 0 Å². The van der Waals surface area contributed by atoms with Gasteiger partial charge in [0, 0.05) is 13.0 Å². The normalized spacial score (nSPS) is 15.0. The Morgan fingerprint density at radius 1 is 0.769 bits per heavy atom. The van der Waals surface area contributed by atoms with Crippen LogP contribution in [0.1, 0.15) is 12.1 Å². The maximum absolute atomic E-state index is 6.16. The number of aromatic nitrogens is 1. The molecular weight excluding hydrogens is 322 g/mol. The lowest BCUT2D eigenvalue weighted by atomic mass is 10.1. The zero-order valence-corrected chi connectivity index (χ0v) is 14.4. The predicted octanol–water partition coefficient (Wildman–Crippen LogP) is 5.03. The van der Waals surface area contributed by atoms with Crippen molar-refractivity contribution >= 4 is 10.9 Å². The topological polar surface area (TPSA) is 22.3 Å². The molecule has 0 aliphatic carbocycles. The van der Waals surface area contributed by atoms with Crippen LogP contribution in [0, 0.1) is 6.92 Å². The number of ether oxygens (including phenoxy) is 2. The Labute approximate surface area is 152 Å². The van der Waals surface area contributed by atoms with Gasteiger partial charge in [-0.25, -0.2) is 0 Å². The van der Waals surface area contributed by atoms with Gasteiger partial charge in [-0.3, -0.25) is 0 Å². The fourth-order valence-electron chi connectivity index (χ4n) is 3.48.